The van der Waals surface area contributed by atoms with Crippen LogP contribution in [-0.2, 0) is 6.54 Å². The number of benzene rings is 1. The van der Waals surface area contributed by atoms with Gasteiger partial charge in [0.2, 0.25) is 5.43 Å². The number of hydrogen-bond acceptors (Lipinski definition) is 5. The number of aromatic nitrogens is 1. The molecule has 1 aliphatic rings. The number of nitrogens with one attached hydrogen (secondary N) is 1. The van der Waals surface area contributed by atoms with E-state index in [4.69, 9.17) is 4.74 Å². The van der Waals surface area contributed by atoms with Gasteiger partial charge < -0.3 is 24.4 Å². The summed E-state index contributed by atoms with van der Waals surface area (Å²) in [7, 11) is 1.65. The van der Waals surface area contributed by atoms with E-state index in [0.717, 1.165) is 17.9 Å². The van der Waals surface area contributed by atoms with Crippen molar-refractivity contribution in [3.05, 3.63) is 58.0 Å². The molecule has 1 aliphatic heterocycles. The topological polar surface area (TPSA) is 83.9 Å². The first kappa shape index (κ1) is 26.3. The molecule has 1 aromatic heterocycles. The van der Waals surface area contributed by atoms with Crippen LogP contribution in [0.2, 0.25) is 0 Å². The summed E-state index contributed by atoms with van der Waals surface area (Å²) in [6.45, 7) is 11.6. The molecule has 0 unspecified atom stereocenters. The molecule has 0 saturated carbocycles. The number of ether oxygens (including phenoxy) is 1. The van der Waals surface area contributed by atoms with Crippen LogP contribution in [0.5, 0.6) is 5.75 Å². The van der Waals surface area contributed by atoms with Crippen LogP contribution < -0.4 is 20.4 Å². The molecule has 190 valence electrons. The fourth-order valence-corrected chi connectivity index (χ4v) is 4.25. The van der Waals surface area contributed by atoms with Crippen LogP contribution in [0.25, 0.3) is 0 Å². The Kier molecular flexibility index (Phi) is 8.95. The quantitative estimate of drug-likeness (QED) is 0.593. The van der Waals surface area contributed by atoms with Gasteiger partial charge in [0, 0.05) is 51.7 Å². The number of pyridine rings is 1. The molecule has 2 aromatic rings. The Labute approximate surface area is 207 Å². The highest BCUT2D eigenvalue weighted by Gasteiger charge is 2.27. The number of hydrogen-bond donors (Lipinski definition) is 1. The SMILES string of the molecule is COc1ccccc1N1CCN(C(=O)c2cn(CC(C)C)cc(C(=O)NCCC(C)C)c2=O)CC1. The molecule has 35 heavy (non-hydrogen) atoms. The molecule has 3 rings (SSSR count). The third kappa shape index (κ3) is 6.65. The molecule has 0 aliphatic carbocycles. The number of carbonyl (C=O) groups is 2. The fourth-order valence-electron chi connectivity index (χ4n) is 4.25. The van der Waals surface area contributed by atoms with Crippen LogP contribution in [0, 0.1) is 11.8 Å². The standard InChI is InChI=1S/C27H38N4O4/c1-19(2)10-11-28-26(33)21-17-29(16-20(3)4)18-22(25(21)32)27(34)31-14-12-30(13-15-31)23-8-6-7-9-24(23)35-5/h6-9,17-20H,10-16H2,1-5H3,(H,28,33). The second kappa shape index (κ2) is 11.9. The smallest absolute Gasteiger partial charge is 0.259 e. The predicted octanol–water partition coefficient (Wildman–Crippen LogP) is 3.25. The van der Waals surface area contributed by atoms with Gasteiger partial charge in [0.05, 0.1) is 12.8 Å². The highest BCUT2D eigenvalue weighted by Crippen LogP contribution is 2.28. The Hall–Kier alpha value is -3.29. The predicted molar refractivity (Wildman–Crippen MR) is 138 cm³/mol. The zero-order valence-electron chi connectivity index (χ0n) is 21.5. The highest BCUT2D eigenvalue weighted by molar-refractivity contribution is 5.99. The normalized spacial score (nSPS) is 13.9. The van der Waals surface area contributed by atoms with E-state index in [2.05, 4.69) is 37.9 Å². The Morgan fingerprint density at radius 2 is 1.63 bits per heavy atom. The van der Waals surface area contributed by atoms with Crippen LogP contribution >= 0.6 is 0 Å². The number of methoxy groups -OCH3 is 1. The number of nitrogens with zero attached hydrogens (tertiary/aromatic N) is 3. The van der Waals surface area contributed by atoms with E-state index in [9.17, 15) is 14.4 Å². The van der Waals surface area contributed by atoms with Crippen LogP contribution in [-0.4, -0.2) is 61.1 Å². The molecule has 0 atom stereocenters. The van der Waals surface area contributed by atoms with E-state index < -0.39 is 11.3 Å². The fraction of sp³-hybridized carbons (Fsp3) is 0.519. The first-order chi connectivity index (χ1) is 16.7. The minimum atomic E-state index is -0.510. The molecule has 8 nitrogen and oxygen atoms in total. The molecular formula is C27H38N4O4. The average molecular weight is 483 g/mol. The van der Waals surface area contributed by atoms with Gasteiger partial charge in [-0.05, 0) is 30.4 Å². The van der Waals surface area contributed by atoms with Crippen molar-refractivity contribution in [2.24, 2.45) is 11.8 Å². The lowest BCUT2D eigenvalue weighted by atomic mass is 10.1. The summed E-state index contributed by atoms with van der Waals surface area (Å²) in [5, 5.41) is 2.84. The van der Waals surface area contributed by atoms with Gasteiger partial charge in [0.15, 0.2) is 0 Å². The lowest BCUT2D eigenvalue weighted by molar-refractivity contribution is 0.0744. The Morgan fingerprint density at radius 3 is 2.26 bits per heavy atom. The summed E-state index contributed by atoms with van der Waals surface area (Å²) in [6, 6.07) is 7.81. The van der Waals surface area contributed by atoms with Gasteiger partial charge in [0.25, 0.3) is 11.8 Å². The molecule has 1 N–H and O–H groups in total. The van der Waals surface area contributed by atoms with Gasteiger partial charge >= 0.3 is 0 Å². The molecule has 2 amide bonds. The number of para-hydroxylation sites is 2. The van der Waals surface area contributed by atoms with Crippen molar-refractivity contribution >= 4 is 17.5 Å². The third-order valence-corrected chi connectivity index (χ3v) is 6.13. The number of piperazine rings is 1. The summed E-state index contributed by atoms with van der Waals surface area (Å²) in [5.74, 6) is 0.768. The Bertz CT molecular complexity index is 1080. The molecule has 0 spiro atoms. The molecule has 1 fully saturated rings. The zero-order valence-corrected chi connectivity index (χ0v) is 21.5. The summed E-state index contributed by atoms with van der Waals surface area (Å²) in [5.41, 5.74) is 0.548. The van der Waals surface area contributed by atoms with Gasteiger partial charge in [-0.25, -0.2) is 0 Å². The van der Waals surface area contributed by atoms with Gasteiger partial charge in [-0.15, -0.1) is 0 Å². The summed E-state index contributed by atoms with van der Waals surface area (Å²) >= 11 is 0. The lowest BCUT2D eigenvalue weighted by Gasteiger charge is -2.36. The minimum absolute atomic E-state index is 0.0212. The third-order valence-electron chi connectivity index (χ3n) is 6.13. The second-order valence-corrected chi connectivity index (χ2v) is 9.89. The second-order valence-electron chi connectivity index (χ2n) is 9.89. The Morgan fingerprint density at radius 1 is 0.971 bits per heavy atom. The van der Waals surface area contributed by atoms with Gasteiger partial charge in [-0.3, -0.25) is 14.4 Å². The molecular weight excluding hydrogens is 444 g/mol. The van der Waals surface area contributed by atoms with Gasteiger partial charge in [0.1, 0.15) is 16.9 Å². The van der Waals surface area contributed by atoms with E-state index in [1.54, 1.807) is 29.0 Å². The van der Waals surface area contributed by atoms with Crippen molar-refractivity contribution in [3.8, 4) is 5.75 Å². The highest BCUT2D eigenvalue weighted by atomic mass is 16.5. The first-order valence-corrected chi connectivity index (χ1v) is 12.4. The van der Waals surface area contributed by atoms with Crippen molar-refractivity contribution in [2.75, 3.05) is 44.7 Å². The van der Waals surface area contributed by atoms with Crippen LogP contribution in [0.1, 0.15) is 54.8 Å². The van der Waals surface area contributed by atoms with Crippen molar-refractivity contribution in [3.63, 3.8) is 0 Å². The van der Waals surface area contributed by atoms with Crippen molar-refractivity contribution in [1.29, 1.82) is 0 Å². The molecule has 1 aromatic carbocycles. The molecule has 1 saturated heterocycles. The number of rotatable bonds is 9. The van der Waals surface area contributed by atoms with Crippen molar-refractivity contribution in [1.82, 2.24) is 14.8 Å². The van der Waals surface area contributed by atoms with Crippen molar-refractivity contribution < 1.29 is 14.3 Å². The maximum absolute atomic E-state index is 13.4. The van der Waals surface area contributed by atoms with Crippen LogP contribution in [0.4, 0.5) is 5.69 Å². The zero-order chi connectivity index (χ0) is 25.5. The monoisotopic (exact) mass is 482 g/mol. The molecule has 8 heteroatoms. The van der Waals surface area contributed by atoms with Crippen molar-refractivity contribution in [2.45, 2.75) is 40.7 Å². The Balaban J connectivity index is 1.80. The van der Waals surface area contributed by atoms with Gasteiger partial charge in [-0.1, -0.05) is 39.8 Å². The number of carbonyl (C=O) groups excluding carboxylic acids is 2. The molecule has 2 heterocycles. The lowest BCUT2D eigenvalue weighted by Crippen LogP contribution is -2.50. The van der Waals surface area contributed by atoms with E-state index in [1.165, 1.54) is 0 Å². The van der Waals surface area contributed by atoms with Gasteiger partial charge in [-0.2, -0.15) is 0 Å². The minimum Gasteiger partial charge on any atom is -0.495 e. The maximum Gasteiger partial charge on any atom is 0.259 e. The summed E-state index contributed by atoms with van der Waals surface area (Å²) in [4.78, 5) is 43.4. The van der Waals surface area contributed by atoms with E-state index in [0.29, 0.717) is 51.1 Å². The maximum atomic E-state index is 13.4. The first-order valence-electron chi connectivity index (χ1n) is 12.4. The van der Waals surface area contributed by atoms with E-state index in [-0.39, 0.29) is 17.0 Å². The average Bonchev–Trinajstić information content (AvgIpc) is 2.84. The number of amides is 2. The van der Waals surface area contributed by atoms with Crippen LogP contribution in [0.3, 0.4) is 0 Å². The molecule has 0 radical (unpaired) electrons. The van der Waals surface area contributed by atoms with E-state index in [1.807, 2.05) is 24.3 Å². The van der Waals surface area contributed by atoms with Crippen LogP contribution in [0.15, 0.2) is 41.5 Å². The molecule has 0 bridgehead atoms. The summed E-state index contributed by atoms with van der Waals surface area (Å²) in [6.07, 6.45) is 3.99. The number of anilines is 1. The largest absolute Gasteiger partial charge is 0.495 e. The summed E-state index contributed by atoms with van der Waals surface area (Å²) < 4.78 is 7.27. The van der Waals surface area contributed by atoms with E-state index >= 15 is 0 Å².